The maximum atomic E-state index is 11.5. The number of rotatable bonds is 5. The minimum Gasteiger partial charge on any atom is -0.385 e. The monoisotopic (exact) mass is 199 g/mol. The summed E-state index contributed by atoms with van der Waals surface area (Å²) in [5.74, 6) is -0.169. The highest BCUT2D eigenvalue weighted by Gasteiger charge is 2.34. The molecule has 0 bridgehead atoms. The lowest BCUT2D eigenvalue weighted by Gasteiger charge is -2.13. The summed E-state index contributed by atoms with van der Waals surface area (Å²) in [4.78, 5) is 24.2. The molecule has 2 amide bonds. The van der Waals surface area contributed by atoms with Crippen molar-refractivity contribution in [2.45, 2.75) is 26.2 Å². The number of ether oxygens (including phenoxy) is 1. The number of hydrogen-bond acceptors (Lipinski definition) is 3. The molecule has 1 rings (SSSR count). The number of carbonyl (C=O) groups is 2. The summed E-state index contributed by atoms with van der Waals surface area (Å²) in [5, 5.41) is 0. The number of amides is 2. The topological polar surface area (TPSA) is 46.6 Å². The fraction of sp³-hybridized carbons (Fsp3) is 0.800. The van der Waals surface area contributed by atoms with Crippen LogP contribution in [0.2, 0.25) is 0 Å². The first kappa shape index (κ1) is 11.2. The minimum atomic E-state index is -0.120. The Balaban J connectivity index is 2.30. The summed E-state index contributed by atoms with van der Waals surface area (Å²) in [7, 11) is 1.65. The molecule has 0 aromatic heterocycles. The van der Waals surface area contributed by atoms with Gasteiger partial charge in [0.2, 0.25) is 11.8 Å². The van der Waals surface area contributed by atoms with Crippen LogP contribution in [0.5, 0.6) is 0 Å². The SMILES string of the molecule is COCCCCN1C(=O)CC(C)C1=O. The lowest BCUT2D eigenvalue weighted by Crippen LogP contribution is -2.31. The van der Waals surface area contributed by atoms with Crippen LogP contribution in [-0.2, 0) is 14.3 Å². The molecule has 0 N–H and O–H groups in total. The number of unbranched alkanes of at least 4 members (excludes halogenated alkanes) is 1. The Morgan fingerprint density at radius 1 is 1.43 bits per heavy atom. The molecule has 1 heterocycles. The first-order valence-electron chi connectivity index (χ1n) is 5.00. The zero-order valence-corrected chi connectivity index (χ0v) is 8.78. The molecule has 1 saturated heterocycles. The van der Waals surface area contributed by atoms with Crippen LogP contribution < -0.4 is 0 Å². The predicted molar refractivity (Wildman–Crippen MR) is 51.6 cm³/mol. The molecule has 0 aromatic rings. The van der Waals surface area contributed by atoms with Crippen molar-refractivity contribution in [2.24, 2.45) is 5.92 Å². The smallest absolute Gasteiger partial charge is 0.232 e. The van der Waals surface area contributed by atoms with Crippen molar-refractivity contribution in [1.82, 2.24) is 4.90 Å². The summed E-state index contributed by atoms with van der Waals surface area (Å²) < 4.78 is 4.89. The molecule has 14 heavy (non-hydrogen) atoms. The maximum Gasteiger partial charge on any atom is 0.232 e. The molecule has 1 unspecified atom stereocenters. The average Bonchev–Trinajstić information content (AvgIpc) is 2.38. The van der Waals surface area contributed by atoms with Gasteiger partial charge in [-0.25, -0.2) is 0 Å². The second kappa shape index (κ2) is 5.10. The van der Waals surface area contributed by atoms with Gasteiger partial charge in [-0.05, 0) is 12.8 Å². The predicted octanol–water partition coefficient (Wildman–Crippen LogP) is 0.808. The number of imide groups is 1. The van der Waals surface area contributed by atoms with Gasteiger partial charge in [0.15, 0.2) is 0 Å². The van der Waals surface area contributed by atoms with Crippen LogP contribution in [0, 0.1) is 5.92 Å². The molecule has 0 aliphatic carbocycles. The maximum absolute atomic E-state index is 11.5. The highest BCUT2D eigenvalue weighted by molar-refractivity contribution is 6.03. The minimum absolute atomic E-state index is 0.0209. The number of hydrogen-bond donors (Lipinski definition) is 0. The van der Waals surface area contributed by atoms with Gasteiger partial charge in [0.25, 0.3) is 0 Å². The average molecular weight is 199 g/mol. The van der Waals surface area contributed by atoms with Crippen molar-refractivity contribution < 1.29 is 14.3 Å². The van der Waals surface area contributed by atoms with Gasteiger partial charge in [-0.1, -0.05) is 6.92 Å². The fourth-order valence-electron chi connectivity index (χ4n) is 1.60. The van der Waals surface area contributed by atoms with Crippen LogP contribution in [0.1, 0.15) is 26.2 Å². The van der Waals surface area contributed by atoms with Gasteiger partial charge in [-0.2, -0.15) is 0 Å². The molecular formula is C10H17NO3. The summed E-state index contributed by atoms with van der Waals surface area (Å²) >= 11 is 0. The normalized spacial score (nSPS) is 22.1. The van der Waals surface area contributed by atoms with Crippen molar-refractivity contribution in [3.05, 3.63) is 0 Å². The quantitative estimate of drug-likeness (QED) is 0.486. The van der Waals surface area contributed by atoms with Gasteiger partial charge >= 0.3 is 0 Å². The van der Waals surface area contributed by atoms with Crippen LogP contribution in [0.15, 0.2) is 0 Å². The van der Waals surface area contributed by atoms with E-state index in [2.05, 4.69) is 0 Å². The van der Waals surface area contributed by atoms with E-state index in [1.165, 1.54) is 4.90 Å². The van der Waals surface area contributed by atoms with E-state index >= 15 is 0 Å². The molecule has 1 atom stereocenters. The molecule has 0 aromatic carbocycles. The fourth-order valence-corrected chi connectivity index (χ4v) is 1.60. The van der Waals surface area contributed by atoms with Crippen LogP contribution >= 0.6 is 0 Å². The van der Waals surface area contributed by atoms with Crippen molar-refractivity contribution in [3.8, 4) is 0 Å². The van der Waals surface area contributed by atoms with E-state index in [0.717, 1.165) is 12.8 Å². The number of methoxy groups -OCH3 is 1. The standard InChI is InChI=1S/C10H17NO3/c1-8-7-9(12)11(10(8)13)5-3-4-6-14-2/h8H,3-7H2,1-2H3. The van der Waals surface area contributed by atoms with Gasteiger partial charge in [-0.3, -0.25) is 14.5 Å². The van der Waals surface area contributed by atoms with Crippen molar-refractivity contribution in [1.29, 1.82) is 0 Å². The molecule has 1 aliphatic heterocycles. The van der Waals surface area contributed by atoms with Crippen LogP contribution in [0.3, 0.4) is 0 Å². The highest BCUT2D eigenvalue weighted by Crippen LogP contribution is 2.18. The highest BCUT2D eigenvalue weighted by atomic mass is 16.5. The Bertz CT molecular complexity index is 227. The van der Waals surface area contributed by atoms with Crippen LogP contribution in [0.4, 0.5) is 0 Å². The summed E-state index contributed by atoms with van der Waals surface area (Å²) in [6.45, 7) is 3.03. The Morgan fingerprint density at radius 2 is 2.14 bits per heavy atom. The Morgan fingerprint density at radius 3 is 2.64 bits per heavy atom. The lowest BCUT2D eigenvalue weighted by molar-refractivity contribution is -0.139. The molecule has 1 aliphatic rings. The van der Waals surface area contributed by atoms with Gasteiger partial charge in [-0.15, -0.1) is 0 Å². The largest absolute Gasteiger partial charge is 0.385 e. The second-order valence-corrected chi connectivity index (χ2v) is 3.69. The Kier molecular flexibility index (Phi) is 4.07. The molecule has 0 radical (unpaired) electrons. The summed E-state index contributed by atoms with van der Waals surface area (Å²) in [6.07, 6.45) is 2.10. The second-order valence-electron chi connectivity index (χ2n) is 3.69. The molecule has 0 saturated carbocycles. The Hall–Kier alpha value is -0.900. The van der Waals surface area contributed by atoms with E-state index in [1.807, 2.05) is 0 Å². The van der Waals surface area contributed by atoms with Gasteiger partial charge in [0.05, 0.1) is 0 Å². The van der Waals surface area contributed by atoms with Gasteiger partial charge in [0, 0.05) is 32.6 Å². The number of nitrogens with zero attached hydrogens (tertiary/aromatic N) is 1. The van der Waals surface area contributed by atoms with E-state index < -0.39 is 0 Å². The van der Waals surface area contributed by atoms with Crippen LogP contribution in [-0.4, -0.2) is 37.0 Å². The lowest BCUT2D eigenvalue weighted by atomic mass is 10.1. The van der Waals surface area contributed by atoms with E-state index in [0.29, 0.717) is 19.6 Å². The van der Waals surface area contributed by atoms with Gasteiger partial charge < -0.3 is 4.74 Å². The van der Waals surface area contributed by atoms with Crippen molar-refractivity contribution in [2.75, 3.05) is 20.3 Å². The molecule has 4 heteroatoms. The van der Waals surface area contributed by atoms with E-state index in [1.54, 1.807) is 14.0 Å². The Labute approximate surface area is 84.2 Å². The third-order valence-electron chi connectivity index (χ3n) is 2.45. The van der Waals surface area contributed by atoms with Gasteiger partial charge in [0.1, 0.15) is 0 Å². The first-order valence-corrected chi connectivity index (χ1v) is 5.00. The summed E-state index contributed by atoms with van der Waals surface area (Å²) in [6, 6.07) is 0. The zero-order valence-electron chi connectivity index (χ0n) is 8.78. The van der Waals surface area contributed by atoms with Crippen molar-refractivity contribution in [3.63, 3.8) is 0 Å². The number of likely N-dealkylation sites (tertiary alicyclic amines) is 1. The third-order valence-corrected chi connectivity index (χ3v) is 2.45. The number of carbonyl (C=O) groups excluding carboxylic acids is 2. The molecule has 4 nitrogen and oxygen atoms in total. The van der Waals surface area contributed by atoms with Crippen LogP contribution in [0.25, 0.3) is 0 Å². The molecule has 80 valence electrons. The first-order chi connectivity index (χ1) is 6.66. The molecule has 0 spiro atoms. The van der Waals surface area contributed by atoms with Crippen molar-refractivity contribution >= 4 is 11.8 Å². The zero-order chi connectivity index (χ0) is 10.6. The summed E-state index contributed by atoms with van der Waals surface area (Å²) in [5.41, 5.74) is 0. The van der Waals surface area contributed by atoms with E-state index in [4.69, 9.17) is 4.74 Å². The molecular weight excluding hydrogens is 182 g/mol. The third kappa shape index (κ3) is 2.54. The molecule has 1 fully saturated rings. The van der Waals surface area contributed by atoms with E-state index in [-0.39, 0.29) is 17.7 Å². The van der Waals surface area contributed by atoms with E-state index in [9.17, 15) is 9.59 Å².